The zero-order valence-corrected chi connectivity index (χ0v) is 11.6. The summed E-state index contributed by atoms with van der Waals surface area (Å²) in [6.45, 7) is 2.23. The van der Waals surface area contributed by atoms with Gasteiger partial charge in [-0.2, -0.15) is 0 Å². The molecular formula is C13H16BrNO3. The quantitative estimate of drug-likeness (QED) is 0.897. The molecule has 1 heterocycles. The zero-order valence-electron chi connectivity index (χ0n) is 9.99. The van der Waals surface area contributed by atoms with Crippen LogP contribution in [0.5, 0.6) is 5.75 Å². The number of ether oxygens (including phenoxy) is 1. The number of phenols is 1. The Hall–Kier alpha value is -1.07. The summed E-state index contributed by atoms with van der Waals surface area (Å²) in [6, 6.07) is 4.85. The fourth-order valence-electron chi connectivity index (χ4n) is 1.99. The molecule has 98 valence electrons. The Balaban J connectivity index is 1.83. The molecule has 1 aliphatic rings. The van der Waals surface area contributed by atoms with Crippen molar-refractivity contribution in [3.8, 4) is 5.75 Å². The largest absolute Gasteiger partial charge is 0.507 e. The van der Waals surface area contributed by atoms with E-state index in [1.807, 2.05) is 0 Å². The Morgan fingerprint density at radius 2 is 2.39 bits per heavy atom. The predicted molar refractivity (Wildman–Crippen MR) is 71.7 cm³/mol. The number of halogens is 1. The summed E-state index contributed by atoms with van der Waals surface area (Å²) in [4.78, 5) is 11.8. The molecule has 1 aromatic carbocycles. The third-order valence-electron chi connectivity index (χ3n) is 3.07. The van der Waals surface area contributed by atoms with Crippen LogP contribution in [0.2, 0.25) is 0 Å². The fourth-order valence-corrected chi connectivity index (χ4v) is 2.34. The maximum Gasteiger partial charge on any atom is 0.255 e. The number of hydrogen-bond donors (Lipinski definition) is 2. The summed E-state index contributed by atoms with van der Waals surface area (Å²) in [5.41, 5.74) is 0.306. The topological polar surface area (TPSA) is 58.6 Å². The van der Waals surface area contributed by atoms with Gasteiger partial charge in [0, 0.05) is 24.2 Å². The molecule has 1 amide bonds. The Morgan fingerprint density at radius 1 is 1.56 bits per heavy atom. The molecule has 0 aliphatic carbocycles. The monoisotopic (exact) mass is 313 g/mol. The standard InChI is InChI=1S/C13H16BrNO3/c14-10-1-2-11(12(16)7-10)13(17)15-5-3-9-4-6-18-8-9/h1-2,7,9,16H,3-6,8H2,(H,15,17). The minimum absolute atomic E-state index is 0.00826. The number of nitrogens with one attached hydrogen (secondary N) is 1. The lowest BCUT2D eigenvalue weighted by Gasteiger charge is -2.09. The van der Waals surface area contributed by atoms with Crippen molar-refractivity contribution >= 4 is 21.8 Å². The van der Waals surface area contributed by atoms with Gasteiger partial charge in [0.25, 0.3) is 5.91 Å². The van der Waals surface area contributed by atoms with Gasteiger partial charge < -0.3 is 15.2 Å². The normalized spacial score (nSPS) is 18.8. The van der Waals surface area contributed by atoms with Crippen molar-refractivity contribution in [3.05, 3.63) is 28.2 Å². The Morgan fingerprint density at radius 3 is 3.06 bits per heavy atom. The van der Waals surface area contributed by atoms with Gasteiger partial charge in [0.15, 0.2) is 0 Å². The van der Waals surface area contributed by atoms with E-state index in [0.29, 0.717) is 18.0 Å². The van der Waals surface area contributed by atoms with E-state index in [0.717, 1.165) is 30.5 Å². The van der Waals surface area contributed by atoms with Crippen molar-refractivity contribution < 1.29 is 14.6 Å². The van der Waals surface area contributed by atoms with E-state index in [1.165, 1.54) is 6.07 Å². The van der Waals surface area contributed by atoms with Gasteiger partial charge in [0.1, 0.15) is 5.75 Å². The highest BCUT2D eigenvalue weighted by molar-refractivity contribution is 9.10. The van der Waals surface area contributed by atoms with E-state index in [4.69, 9.17) is 4.74 Å². The number of rotatable bonds is 4. The molecule has 1 aliphatic heterocycles. The van der Waals surface area contributed by atoms with E-state index in [-0.39, 0.29) is 11.7 Å². The molecule has 0 bridgehead atoms. The van der Waals surface area contributed by atoms with E-state index in [9.17, 15) is 9.90 Å². The van der Waals surface area contributed by atoms with E-state index in [2.05, 4.69) is 21.2 Å². The molecule has 0 spiro atoms. The van der Waals surface area contributed by atoms with Crippen molar-refractivity contribution in [1.29, 1.82) is 0 Å². The van der Waals surface area contributed by atoms with Gasteiger partial charge >= 0.3 is 0 Å². The minimum atomic E-state index is -0.237. The minimum Gasteiger partial charge on any atom is -0.507 e. The van der Waals surface area contributed by atoms with Crippen LogP contribution in [-0.4, -0.2) is 30.8 Å². The molecule has 1 fully saturated rings. The molecule has 0 radical (unpaired) electrons. The summed E-state index contributed by atoms with van der Waals surface area (Å²) < 4.78 is 6.02. The number of amides is 1. The van der Waals surface area contributed by atoms with Gasteiger partial charge in [-0.3, -0.25) is 4.79 Å². The predicted octanol–water partition coefficient (Wildman–Crippen LogP) is 2.31. The van der Waals surface area contributed by atoms with Gasteiger partial charge in [-0.25, -0.2) is 0 Å². The van der Waals surface area contributed by atoms with Crippen molar-refractivity contribution in [1.82, 2.24) is 5.32 Å². The molecule has 1 atom stereocenters. The van der Waals surface area contributed by atoms with Crippen LogP contribution < -0.4 is 5.32 Å². The Kier molecular flexibility index (Phi) is 4.60. The number of phenolic OH excluding ortho intramolecular Hbond substituents is 1. The lowest BCUT2D eigenvalue weighted by Crippen LogP contribution is -2.26. The van der Waals surface area contributed by atoms with E-state index >= 15 is 0 Å². The van der Waals surface area contributed by atoms with Crippen molar-refractivity contribution in [2.75, 3.05) is 19.8 Å². The third kappa shape index (κ3) is 3.46. The van der Waals surface area contributed by atoms with Gasteiger partial charge in [-0.1, -0.05) is 15.9 Å². The Bertz CT molecular complexity index is 430. The average molecular weight is 314 g/mol. The number of benzene rings is 1. The van der Waals surface area contributed by atoms with Gasteiger partial charge in [-0.05, 0) is 37.0 Å². The van der Waals surface area contributed by atoms with Gasteiger partial charge in [0.2, 0.25) is 0 Å². The molecule has 2 rings (SSSR count). The van der Waals surface area contributed by atoms with E-state index in [1.54, 1.807) is 12.1 Å². The second kappa shape index (κ2) is 6.20. The van der Waals surface area contributed by atoms with Crippen molar-refractivity contribution in [3.63, 3.8) is 0 Å². The van der Waals surface area contributed by atoms with Crippen molar-refractivity contribution in [2.24, 2.45) is 5.92 Å². The number of carbonyl (C=O) groups excluding carboxylic acids is 1. The van der Waals surface area contributed by atoms with Gasteiger partial charge in [0.05, 0.1) is 5.56 Å². The fraction of sp³-hybridized carbons (Fsp3) is 0.462. The van der Waals surface area contributed by atoms with Crippen LogP contribution in [0.25, 0.3) is 0 Å². The molecule has 5 heteroatoms. The highest BCUT2D eigenvalue weighted by atomic mass is 79.9. The summed E-state index contributed by atoms with van der Waals surface area (Å²) >= 11 is 3.24. The third-order valence-corrected chi connectivity index (χ3v) is 3.56. The second-order valence-electron chi connectivity index (χ2n) is 4.44. The lowest BCUT2D eigenvalue weighted by atomic mass is 10.1. The first-order chi connectivity index (χ1) is 8.66. The van der Waals surface area contributed by atoms with Gasteiger partial charge in [-0.15, -0.1) is 0 Å². The van der Waals surface area contributed by atoms with Crippen LogP contribution in [0.15, 0.2) is 22.7 Å². The molecule has 2 N–H and O–H groups in total. The van der Waals surface area contributed by atoms with Crippen LogP contribution in [-0.2, 0) is 4.74 Å². The maximum absolute atomic E-state index is 11.8. The van der Waals surface area contributed by atoms with Crippen LogP contribution in [0.1, 0.15) is 23.2 Å². The smallest absolute Gasteiger partial charge is 0.255 e. The zero-order chi connectivity index (χ0) is 13.0. The van der Waals surface area contributed by atoms with Crippen LogP contribution >= 0.6 is 15.9 Å². The number of carbonyl (C=O) groups is 1. The highest BCUT2D eigenvalue weighted by Gasteiger charge is 2.16. The first-order valence-corrected chi connectivity index (χ1v) is 6.80. The molecule has 1 unspecified atom stereocenters. The first-order valence-electron chi connectivity index (χ1n) is 6.01. The summed E-state index contributed by atoms with van der Waals surface area (Å²) in [5.74, 6) is 0.300. The summed E-state index contributed by atoms with van der Waals surface area (Å²) in [6.07, 6.45) is 1.99. The summed E-state index contributed by atoms with van der Waals surface area (Å²) in [5, 5.41) is 12.5. The molecule has 1 saturated heterocycles. The molecule has 0 saturated carbocycles. The van der Waals surface area contributed by atoms with Crippen LogP contribution in [0.4, 0.5) is 0 Å². The molecule has 4 nitrogen and oxygen atoms in total. The molecular weight excluding hydrogens is 298 g/mol. The first kappa shape index (κ1) is 13.4. The van der Waals surface area contributed by atoms with Crippen LogP contribution in [0.3, 0.4) is 0 Å². The average Bonchev–Trinajstić information content (AvgIpc) is 2.81. The Labute approximate surface area is 114 Å². The second-order valence-corrected chi connectivity index (χ2v) is 5.35. The molecule has 0 aromatic heterocycles. The summed E-state index contributed by atoms with van der Waals surface area (Å²) in [7, 11) is 0. The lowest BCUT2D eigenvalue weighted by molar-refractivity contribution is 0.0948. The van der Waals surface area contributed by atoms with Crippen LogP contribution in [0, 0.1) is 5.92 Å². The SMILES string of the molecule is O=C(NCCC1CCOC1)c1ccc(Br)cc1O. The molecule has 1 aromatic rings. The highest BCUT2D eigenvalue weighted by Crippen LogP contribution is 2.22. The maximum atomic E-state index is 11.8. The number of hydrogen-bond acceptors (Lipinski definition) is 3. The number of aromatic hydroxyl groups is 1. The molecule has 18 heavy (non-hydrogen) atoms. The van der Waals surface area contributed by atoms with Crippen molar-refractivity contribution in [2.45, 2.75) is 12.8 Å². The van der Waals surface area contributed by atoms with E-state index < -0.39 is 0 Å².